The summed E-state index contributed by atoms with van der Waals surface area (Å²) < 4.78 is 58.4. The van der Waals surface area contributed by atoms with Crippen molar-refractivity contribution in [2.45, 2.75) is 46.5 Å². The highest BCUT2D eigenvalue weighted by Gasteiger charge is 2.26. The second kappa shape index (κ2) is 16.2. The number of benzene rings is 4. The van der Waals surface area contributed by atoms with Gasteiger partial charge in [0.1, 0.15) is 5.69 Å². The molecule has 0 atom stereocenters. The number of aldehydes is 1. The molecule has 0 radical (unpaired) electrons. The number of aromatic amines is 3. The minimum atomic E-state index is -1.77. The van der Waals surface area contributed by atoms with Gasteiger partial charge in [-0.3, -0.25) is 14.5 Å². The van der Waals surface area contributed by atoms with Crippen LogP contribution in [0.15, 0.2) is 60.7 Å². The number of nitrogens with two attached hydrogens (primary N) is 1. The highest BCUT2D eigenvalue weighted by Crippen LogP contribution is 2.36. The maximum absolute atomic E-state index is 13.7. The second-order valence-corrected chi connectivity index (χ2v) is 14.5. The molecule has 2 aliphatic rings. The van der Waals surface area contributed by atoms with Crippen LogP contribution in [0.3, 0.4) is 0 Å². The van der Waals surface area contributed by atoms with Crippen LogP contribution >= 0.6 is 0 Å². The zero-order chi connectivity index (χ0) is 42.3. The van der Waals surface area contributed by atoms with Crippen LogP contribution < -0.4 is 20.3 Å². The molecule has 0 spiro atoms. The third-order valence-corrected chi connectivity index (χ3v) is 10.7. The molecule has 0 saturated carbocycles. The van der Waals surface area contributed by atoms with Crippen molar-refractivity contribution in [2.24, 2.45) is 5.73 Å². The number of aromatic nitrogens is 3. The van der Waals surface area contributed by atoms with E-state index < -0.39 is 41.0 Å². The van der Waals surface area contributed by atoms with Crippen molar-refractivity contribution in [3.63, 3.8) is 0 Å². The van der Waals surface area contributed by atoms with Gasteiger partial charge in [-0.2, -0.15) is 8.78 Å². The van der Waals surface area contributed by atoms with Crippen LogP contribution in [0.25, 0.3) is 32.7 Å². The molecule has 0 fully saturated rings. The number of hydrogen-bond acceptors (Lipinski definition) is 6. The molecule has 0 unspecified atom stereocenters. The summed E-state index contributed by atoms with van der Waals surface area (Å²) in [6.07, 6.45) is 4.30. The lowest BCUT2D eigenvalue weighted by Crippen LogP contribution is -2.33. The lowest BCUT2D eigenvalue weighted by molar-refractivity contribution is 0.0711. The number of fused-ring (bicyclic) bond motifs is 7. The Balaban J connectivity index is 0.000000140. The number of carbonyl (C=O) groups is 4. The number of esters is 1. The third kappa shape index (κ3) is 7.63. The molecule has 304 valence electrons. The van der Waals surface area contributed by atoms with Crippen molar-refractivity contribution in [1.82, 2.24) is 15.0 Å². The van der Waals surface area contributed by atoms with E-state index in [2.05, 4.69) is 43.8 Å². The maximum Gasteiger partial charge on any atom is 0.360 e. The van der Waals surface area contributed by atoms with Gasteiger partial charge in [-0.25, -0.2) is 18.4 Å². The van der Waals surface area contributed by atoms with Crippen molar-refractivity contribution in [1.29, 1.82) is 0 Å². The Hall–Kier alpha value is -6.90. The number of amides is 2. The molecule has 0 saturated heterocycles. The van der Waals surface area contributed by atoms with Crippen LogP contribution in [-0.4, -0.2) is 59.2 Å². The molecule has 0 bridgehead atoms. The van der Waals surface area contributed by atoms with E-state index in [1.54, 1.807) is 17.9 Å². The number of primary amides is 1. The number of likely N-dealkylation sites (N-methyl/N-ethyl adjacent to an activating group) is 1. The number of carbonyl (C=O) groups excluding carboxylic acids is 4. The number of nitrogens with zero attached hydrogens (tertiary/aromatic N) is 2. The largest absolute Gasteiger partial charge is 0.415 e. The van der Waals surface area contributed by atoms with Gasteiger partial charge in [-0.15, -0.1) is 0 Å². The van der Waals surface area contributed by atoms with Crippen LogP contribution in [0.1, 0.15) is 74.0 Å². The van der Waals surface area contributed by atoms with E-state index in [0.29, 0.717) is 23.4 Å². The van der Waals surface area contributed by atoms with Crippen molar-refractivity contribution < 1.29 is 41.5 Å². The number of hydrogen-bond donors (Lipinski definition) is 4. The van der Waals surface area contributed by atoms with Crippen LogP contribution in [0, 0.1) is 30.2 Å². The highest BCUT2D eigenvalue weighted by molar-refractivity contribution is 6.02. The Morgan fingerprint density at radius 1 is 0.780 bits per heavy atom. The molecule has 2 aliphatic heterocycles. The summed E-state index contributed by atoms with van der Waals surface area (Å²) in [7, 11) is 2.11. The number of anilines is 2. The predicted octanol–water partition coefficient (Wildman–Crippen LogP) is 8.99. The van der Waals surface area contributed by atoms with E-state index in [1.165, 1.54) is 22.7 Å². The smallest absolute Gasteiger partial charge is 0.360 e. The second-order valence-electron chi connectivity index (χ2n) is 14.5. The average Bonchev–Trinajstić information content (AvgIpc) is 4.05. The fourth-order valence-electron chi connectivity index (χ4n) is 7.74. The summed E-state index contributed by atoms with van der Waals surface area (Å²) in [5, 5.41) is 2.98. The number of nitrogens with one attached hydrogen (secondary N) is 3. The number of Topliss-reactive ketones (excluding diaryl/α,β-unsaturated/α-hetero) is 1. The van der Waals surface area contributed by atoms with Gasteiger partial charge in [0.05, 0.1) is 11.4 Å². The average molecular weight is 809 g/mol. The van der Waals surface area contributed by atoms with Gasteiger partial charge >= 0.3 is 12.0 Å². The van der Waals surface area contributed by atoms with Crippen LogP contribution in [0.4, 0.5) is 33.7 Å². The molecule has 4 aromatic carbocycles. The van der Waals surface area contributed by atoms with E-state index in [-0.39, 0.29) is 17.5 Å². The summed E-state index contributed by atoms with van der Waals surface area (Å²) in [5.74, 6) is -9.29. The summed E-state index contributed by atoms with van der Waals surface area (Å²) in [5.41, 5.74) is 15.8. The molecular formula is C44H40F4N6O5. The summed E-state index contributed by atoms with van der Waals surface area (Å²) in [6, 6.07) is 16.5. The SMILES string of the molecule is CC(=O)c1cc2c3c(ccc2[nH]1)N(C)CC3.CCCc1c(C)ccc2[nH]c(C(=O)Oc3c(F)c(F)cc(F)c3F)cc12.NC(=O)N1CCc2c1ccc1[nH]c(C=O)cc21. The number of rotatable bonds is 6. The van der Waals surface area contributed by atoms with Gasteiger partial charge in [-0.05, 0) is 97.0 Å². The fraction of sp³-hybridized carbons (Fsp3) is 0.227. The third-order valence-electron chi connectivity index (χ3n) is 10.7. The Bertz CT molecular complexity index is 2800. The molecule has 9 rings (SSSR count). The minimum Gasteiger partial charge on any atom is -0.415 e. The number of halogens is 4. The number of ketones is 1. The van der Waals surface area contributed by atoms with Gasteiger partial charge in [0, 0.05) is 77.2 Å². The molecule has 59 heavy (non-hydrogen) atoms. The van der Waals surface area contributed by atoms with Crippen molar-refractivity contribution >= 4 is 68.2 Å². The molecule has 7 aromatic rings. The first-order valence-corrected chi connectivity index (χ1v) is 18.9. The maximum atomic E-state index is 13.7. The van der Waals surface area contributed by atoms with Gasteiger partial charge in [0.15, 0.2) is 23.7 Å². The zero-order valence-corrected chi connectivity index (χ0v) is 32.6. The Kier molecular flexibility index (Phi) is 11.0. The number of H-pyrrole nitrogens is 3. The van der Waals surface area contributed by atoms with Crippen LogP contribution in [0.5, 0.6) is 5.75 Å². The van der Waals surface area contributed by atoms with E-state index in [4.69, 9.17) is 5.73 Å². The molecule has 5 heterocycles. The van der Waals surface area contributed by atoms with Crippen LogP contribution in [-0.2, 0) is 19.3 Å². The standard InChI is InChI=1S/C19H15F4NO2.C13H14N2O.C12H11N3O2/c1-3-4-10-9(2)5-6-14-11(10)7-15(24-14)19(25)26-18-16(22)12(20)8-13(21)17(18)23;1-8(16)12-7-10-9-5-6-15(2)13(9)4-3-11(10)14-12;13-12(17)15-4-3-8-9-5-7(6-16)14-10(9)1-2-11(8)15/h5-8,24H,3-4H2,1-2H3;3-4,7,14H,5-6H2,1-2H3;1-2,5-6,14H,3-4H2,(H2,13,17). The Morgan fingerprint density at radius 3 is 2.02 bits per heavy atom. The van der Waals surface area contributed by atoms with E-state index in [1.807, 2.05) is 44.2 Å². The Morgan fingerprint density at radius 2 is 1.36 bits per heavy atom. The summed E-state index contributed by atoms with van der Waals surface area (Å²) in [4.78, 5) is 58.4. The van der Waals surface area contributed by atoms with Crippen molar-refractivity contribution in [2.75, 3.05) is 29.9 Å². The number of aryl methyl sites for hydroxylation is 2. The first-order valence-electron chi connectivity index (χ1n) is 18.9. The number of urea groups is 1. The lowest BCUT2D eigenvalue weighted by atomic mass is 10.00. The van der Waals surface area contributed by atoms with Gasteiger partial charge in [-0.1, -0.05) is 19.4 Å². The topological polar surface area (TPSA) is 157 Å². The molecule has 0 aliphatic carbocycles. The number of ether oxygens (including phenoxy) is 1. The minimum absolute atomic E-state index is 0.0464. The van der Waals surface area contributed by atoms with Crippen molar-refractivity contribution in [3.8, 4) is 5.75 Å². The van der Waals surface area contributed by atoms with Gasteiger partial charge in [0.2, 0.25) is 17.4 Å². The van der Waals surface area contributed by atoms with Gasteiger partial charge < -0.3 is 30.3 Å². The molecule has 15 heteroatoms. The summed E-state index contributed by atoms with van der Waals surface area (Å²) in [6.45, 7) is 7.22. The van der Waals surface area contributed by atoms with E-state index in [0.717, 1.165) is 82.7 Å². The Labute approximate surface area is 335 Å². The first kappa shape index (κ1) is 40.3. The van der Waals surface area contributed by atoms with Gasteiger partial charge in [0.25, 0.3) is 0 Å². The molecule has 5 N–H and O–H groups in total. The fourth-order valence-corrected chi connectivity index (χ4v) is 7.74. The molecule has 3 aromatic heterocycles. The quantitative estimate of drug-likeness (QED) is 0.0328. The lowest BCUT2D eigenvalue weighted by Gasteiger charge is -2.13. The summed E-state index contributed by atoms with van der Waals surface area (Å²) >= 11 is 0. The first-order chi connectivity index (χ1) is 28.2. The molecular weight excluding hydrogens is 769 g/mol. The van der Waals surface area contributed by atoms with E-state index in [9.17, 15) is 36.7 Å². The zero-order valence-electron chi connectivity index (χ0n) is 32.6. The predicted molar refractivity (Wildman–Crippen MR) is 218 cm³/mol. The van der Waals surface area contributed by atoms with Crippen LogP contribution in [0.2, 0.25) is 0 Å². The normalized spacial score (nSPS) is 12.9. The molecule has 11 nitrogen and oxygen atoms in total. The van der Waals surface area contributed by atoms with E-state index >= 15 is 0 Å². The van der Waals surface area contributed by atoms with Crippen molar-refractivity contribution in [3.05, 3.63) is 123 Å². The monoisotopic (exact) mass is 808 g/mol. The molecule has 2 amide bonds. The highest BCUT2D eigenvalue weighted by atomic mass is 19.2.